The lowest BCUT2D eigenvalue weighted by Crippen LogP contribution is -2.41. The van der Waals surface area contributed by atoms with Crippen LogP contribution in [0.3, 0.4) is 0 Å². The molecule has 24 heavy (non-hydrogen) atoms. The van der Waals surface area contributed by atoms with E-state index in [9.17, 15) is 14.4 Å². The largest absolute Gasteiger partial charge is 0.366 e. The summed E-state index contributed by atoms with van der Waals surface area (Å²) in [5.41, 5.74) is 13.5. The predicted molar refractivity (Wildman–Crippen MR) is 88.4 cm³/mol. The van der Waals surface area contributed by atoms with Gasteiger partial charge in [0.2, 0.25) is 5.91 Å². The molecule has 0 aliphatic carbocycles. The first-order valence-electron chi connectivity index (χ1n) is 7.57. The summed E-state index contributed by atoms with van der Waals surface area (Å²) in [7, 11) is 0. The number of carbonyl (C=O) groups excluding carboxylic acids is 3. The number of nitrogens with two attached hydrogens (primary N) is 2. The van der Waals surface area contributed by atoms with E-state index in [2.05, 4.69) is 0 Å². The van der Waals surface area contributed by atoms with E-state index >= 15 is 0 Å². The van der Waals surface area contributed by atoms with E-state index in [1.807, 2.05) is 0 Å². The van der Waals surface area contributed by atoms with Crippen molar-refractivity contribution in [2.75, 3.05) is 6.54 Å². The lowest BCUT2D eigenvalue weighted by Gasteiger charge is -2.19. The predicted octanol–water partition coefficient (Wildman–Crippen LogP) is 0.952. The molecule has 4 N–H and O–H groups in total. The van der Waals surface area contributed by atoms with Crippen LogP contribution in [0.15, 0.2) is 48.5 Å². The van der Waals surface area contributed by atoms with Crippen molar-refractivity contribution in [1.29, 1.82) is 0 Å². The summed E-state index contributed by atoms with van der Waals surface area (Å²) in [6, 6.07) is 13.1. The monoisotopic (exact) mass is 323 g/mol. The first-order chi connectivity index (χ1) is 11.5. The number of benzene rings is 2. The van der Waals surface area contributed by atoms with Crippen LogP contribution in [0.4, 0.5) is 0 Å². The van der Waals surface area contributed by atoms with Crippen LogP contribution < -0.4 is 11.5 Å². The molecule has 3 rings (SSSR count). The second kappa shape index (κ2) is 6.25. The summed E-state index contributed by atoms with van der Waals surface area (Å²) in [4.78, 5) is 36.9. The van der Waals surface area contributed by atoms with Crippen LogP contribution in [-0.4, -0.2) is 35.2 Å². The van der Waals surface area contributed by atoms with Crippen LogP contribution in [0.2, 0.25) is 0 Å². The average molecular weight is 323 g/mol. The number of amides is 3. The standard InChI is InChI=1S/C18H17N3O3/c19-13(9-11-5-7-12(8-6-11)16(20)22)10-21-17(23)14-3-1-2-4-15(14)18(21)24/h1-8,13H,9-10,19H2,(H2,20,22)/t13-/m0/s1. The van der Waals surface area contributed by atoms with E-state index in [-0.39, 0.29) is 18.4 Å². The van der Waals surface area contributed by atoms with Gasteiger partial charge in [-0.1, -0.05) is 24.3 Å². The highest BCUT2D eigenvalue weighted by molar-refractivity contribution is 6.21. The Morgan fingerprint density at radius 2 is 1.50 bits per heavy atom. The van der Waals surface area contributed by atoms with Crippen LogP contribution in [0.1, 0.15) is 36.6 Å². The fourth-order valence-electron chi connectivity index (χ4n) is 2.81. The highest BCUT2D eigenvalue weighted by Crippen LogP contribution is 2.22. The average Bonchev–Trinajstić information content (AvgIpc) is 2.81. The van der Waals surface area contributed by atoms with Gasteiger partial charge in [0, 0.05) is 18.2 Å². The Morgan fingerprint density at radius 1 is 0.958 bits per heavy atom. The van der Waals surface area contributed by atoms with Gasteiger partial charge in [-0.3, -0.25) is 19.3 Å². The van der Waals surface area contributed by atoms with E-state index in [1.54, 1.807) is 48.5 Å². The third-order valence-electron chi connectivity index (χ3n) is 4.03. The Bertz CT molecular complexity index is 780. The van der Waals surface area contributed by atoms with Crippen LogP contribution in [-0.2, 0) is 6.42 Å². The Labute approximate surface area is 139 Å². The lowest BCUT2D eigenvalue weighted by molar-refractivity contribution is 0.0644. The van der Waals surface area contributed by atoms with Gasteiger partial charge in [0.25, 0.3) is 11.8 Å². The molecule has 2 aromatic carbocycles. The van der Waals surface area contributed by atoms with E-state index in [4.69, 9.17) is 11.5 Å². The molecule has 1 aliphatic heterocycles. The molecule has 1 atom stereocenters. The first-order valence-corrected chi connectivity index (χ1v) is 7.57. The molecular weight excluding hydrogens is 306 g/mol. The van der Waals surface area contributed by atoms with Crippen molar-refractivity contribution in [3.8, 4) is 0 Å². The molecule has 1 heterocycles. The van der Waals surface area contributed by atoms with Gasteiger partial charge in [0.1, 0.15) is 0 Å². The number of hydrogen-bond acceptors (Lipinski definition) is 4. The zero-order valence-corrected chi connectivity index (χ0v) is 12.9. The summed E-state index contributed by atoms with van der Waals surface area (Å²) in [5, 5.41) is 0. The summed E-state index contributed by atoms with van der Waals surface area (Å²) < 4.78 is 0. The second-order valence-corrected chi connectivity index (χ2v) is 5.79. The van der Waals surface area contributed by atoms with E-state index in [0.29, 0.717) is 23.1 Å². The maximum Gasteiger partial charge on any atom is 0.261 e. The van der Waals surface area contributed by atoms with Crippen LogP contribution >= 0.6 is 0 Å². The first kappa shape index (κ1) is 15.9. The molecular formula is C18H17N3O3. The van der Waals surface area contributed by atoms with Gasteiger partial charge in [-0.05, 0) is 36.2 Å². The highest BCUT2D eigenvalue weighted by atomic mass is 16.2. The van der Waals surface area contributed by atoms with Gasteiger partial charge in [-0.2, -0.15) is 0 Å². The van der Waals surface area contributed by atoms with E-state index < -0.39 is 11.9 Å². The molecule has 0 saturated heterocycles. The summed E-state index contributed by atoms with van der Waals surface area (Å²) in [5.74, 6) is -1.11. The molecule has 0 fully saturated rings. The molecule has 6 nitrogen and oxygen atoms in total. The molecule has 6 heteroatoms. The maximum atomic E-state index is 12.3. The molecule has 2 aromatic rings. The number of carbonyl (C=O) groups is 3. The van der Waals surface area contributed by atoms with Gasteiger partial charge >= 0.3 is 0 Å². The third-order valence-corrected chi connectivity index (χ3v) is 4.03. The van der Waals surface area contributed by atoms with E-state index in [0.717, 1.165) is 5.56 Å². The third kappa shape index (κ3) is 2.91. The minimum Gasteiger partial charge on any atom is -0.366 e. The highest BCUT2D eigenvalue weighted by Gasteiger charge is 2.35. The van der Waals surface area contributed by atoms with Gasteiger partial charge < -0.3 is 11.5 Å². The normalized spacial score (nSPS) is 14.6. The number of hydrogen-bond donors (Lipinski definition) is 2. The van der Waals surface area contributed by atoms with Crippen molar-refractivity contribution in [1.82, 2.24) is 4.90 Å². The van der Waals surface area contributed by atoms with Crippen molar-refractivity contribution in [2.45, 2.75) is 12.5 Å². The van der Waals surface area contributed by atoms with Gasteiger partial charge in [-0.15, -0.1) is 0 Å². The molecule has 122 valence electrons. The fraction of sp³-hybridized carbons (Fsp3) is 0.167. The lowest BCUT2D eigenvalue weighted by atomic mass is 10.0. The van der Waals surface area contributed by atoms with Gasteiger partial charge in [0.05, 0.1) is 11.1 Å². The SMILES string of the molecule is NC(=O)c1ccc(C[C@H](N)CN2C(=O)c3ccccc3C2=O)cc1. The van der Waals surface area contributed by atoms with Gasteiger partial charge in [0.15, 0.2) is 0 Å². The maximum absolute atomic E-state index is 12.3. The Balaban J connectivity index is 1.67. The number of nitrogens with zero attached hydrogens (tertiary/aromatic N) is 1. The molecule has 3 amide bonds. The Morgan fingerprint density at radius 3 is 2.00 bits per heavy atom. The zero-order valence-electron chi connectivity index (χ0n) is 12.9. The fourth-order valence-corrected chi connectivity index (χ4v) is 2.81. The number of primary amides is 1. The molecule has 0 radical (unpaired) electrons. The molecule has 1 aliphatic rings. The van der Waals surface area contributed by atoms with Crippen molar-refractivity contribution >= 4 is 17.7 Å². The summed E-state index contributed by atoms with van der Waals surface area (Å²) in [6.45, 7) is 0.143. The number of fused-ring (bicyclic) bond motifs is 1. The molecule has 0 saturated carbocycles. The van der Waals surface area contributed by atoms with Crippen LogP contribution in [0, 0.1) is 0 Å². The summed E-state index contributed by atoms with van der Waals surface area (Å²) >= 11 is 0. The van der Waals surface area contributed by atoms with Crippen LogP contribution in [0.25, 0.3) is 0 Å². The smallest absolute Gasteiger partial charge is 0.261 e. The van der Waals surface area contributed by atoms with E-state index in [1.165, 1.54) is 4.90 Å². The van der Waals surface area contributed by atoms with Crippen LogP contribution in [0.5, 0.6) is 0 Å². The molecule has 0 bridgehead atoms. The van der Waals surface area contributed by atoms with Gasteiger partial charge in [-0.25, -0.2) is 0 Å². The number of rotatable bonds is 5. The Kier molecular flexibility index (Phi) is 4.14. The van der Waals surface area contributed by atoms with Crippen molar-refractivity contribution < 1.29 is 14.4 Å². The second-order valence-electron chi connectivity index (χ2n) is 5.79. The number of imide groups is 1. The molecule has 0 unspecified atom stereocenters. The van der Waals surface area contributed by atoms with Crippen molar-refractivity contribution in [3.05, 3.63) is 70.8 Å². The van der Waals surface area contributed by atoms with Crippen molar-refractivity contribution in [3.63, 3.8) is 0 Å². The van der Waals surface area contributed by atoms with Crippen molar-refractivity contribution in [2.24, 2.45) is 11.5 Å². The molecule has 0 spiro atoms. The Hall–Kier alpha value is -2.99. The molecule has 0 aromatic heterocycles. The minimum absolute atomic E-state index is 0.143. The summed E-state index contributed by atoms with van der Waals surface area (Å²) in [6.07, 6.45) is 0.479. The zero-order chi connectivity index (χ0) is 17.3. The minimum atomic E-state index is -0.489. The topological polar surface area (TPSA) is 106 Å². The quantitative estimate of drug-likeness (QED) is 0.799.